The molecular weight excluding hydrogens is 220 g/mol. The highest BCUT2D eigenvalue weighted by molar-refractivity contribution is 5.27. The highest BCUT2D eigenvalue weighted by Gasteiger charge is 2.24. The molecule has 2 rings (SSSR count). The third-order valence-electron chi connectivity index (χ3n) is 3.12. The third-order valence-corrected chi connectivity index (χ3v) is 3.12. The normalized spacial score (nSPS) is 21.5. The Morgan fingerprint density at radius 1 is 1.41 bits per heavy atom. The maximum absolute atomic E-state index is 9.41. The van der Waals surface area contributed by atoms with Crippen molar-refractivity contribution < 1.29 is 9.52 Å². The fourth-order valence-corrected chi connectivity index (χ4v) is 2.20. The predicted molar refractivity (Wildman–Crippen MR) is 63.7 cm³/mol. The standard InChI is InChI=1S/C11H20N4O2/c1-12-7-10-13-14-11(17-10)15-6-4-2-3-5-9(15)8-16/h9,12,16H,2-8H2,1H3. The quantitative estimate of drug-likeness (QED) is 0.799. The van der Waals surface area contributed by atoms with Gasteiger partial charge in [-0.25, -0.2) is 0 Å². The van der Waals surface area contributed by atoms with Gasteiger partial charge in [-0.2, -0.15) is 0 Å². The molecule has 0 amide bonds. The van der Waals surface area contributed by atoms with E-state index >= 15 is 0 Å². The molecule has 1 unspecified atom stereocenters. The van der Waals surface area contributed by atoms with E-state index in [9.17, 15) is 5.11 Å². The van der Waals surface area contributed by atoms with E-state index in [-0.39, 0.29) is 12.6 Å². The first kappa shape index (κ1) is 12.3. The van der Waals surface area contributed by atoms with Crippen LogP contribution in [0.15, 0.2) is 4.42 Å². The summed E-state index contributed by atoms with van der Waals surface area (Å²) in [5.41, 5.74) is 0. The number of nitrogens with one attached hydrogen (secondary N) is 1. The van der Waals surface area contributed by atoms with Gasteiger partial charge in [-0.1, -0.05) is 17.9 Å². The summed E-state index contributed by atoms with van der Waals surface area (Å²) >= 11 is 0. The van der Waals surface area contributed by atoms with Gasteiger partial charge in [0.2, 0.25) is 5.89 Å². The van der Waals surface area contributed by atoms with Crippen molar-refractivity contribution in [3.05, 3.63) is 5.89 Å². The topological polar surface area (TPSA) is 74.4 Å². The van der Waals surface area contributed by atoms with Crippen molar-refractivity contribution in [2.75, 3.05) is 25.1 Å². The second kappa shape index (κ2) is 5.97. The van der Waals surface area contributed by atoms with Gasteiger partial charge in [-0.3, -0.25) is 0 Å². The van der Waals surface area contributed by atoms with Gasteiger partial charge in [-0.15, -0.1) is 5.10 Å². The number of nitrogens with zero attached hydrogens (tertiary/aromatic N) is 3. The summed E-state index contributed by atoms with van der Waals surface area (Å²) in [6.07, 6.45) is 4.45. The molecule has 0 aliphatic carbocycles. The molecule has 6 heteroatoms. The number of rotatable bonds is 4. The molecule has 1 fully saturated rings. The van der Waals surface area contributed by atoms with Gasteiger partial charge in [0, 0.05) is 6.54 Å². The molecule has 2 N–H and O–H groups in total. The van der Waals surface area contributed by atoms with Gasteiger partial charge in [0.1, 0.15) is 0 Å². The summed E-state index contributed by atoms with van der Waals surface area (Å²) in [7, 11) is 1.84. The molecule has 0 aromatic carbocycles. The Hall–Kier alpha value is -1.14. The van der Waals surface area contributed by atoms with Crippen molar-refractivity contribution in [1.82, 2.24) is 15.5 Å². The third kappa shape index (κ3) is 2.95. The lowest BCUT2D eigenvalue weighted by atomic mass is 10.1. The molecular formula is C11H20N4O2. The molecule has 1 aromatic rings. The van der Waals surface area contributed by atoms with E-state index in [0.717, 1.165) is 25.8 Å². The lowest BCUT2D eigenvalue weighted by Gasteiger charge is -2.26. The number of hydrogen-bond acceptors (Lipinski definition) is 6. The summed E-state index contributed by atoms with van der Waals surface area (Å²) in [5, 5.41) is 20.4. The van der Waals surface area contributed by atoms with Gasteiger partial charge in [0.15, 0.2) is 0 Å². The van der Waals surface area contributed by atoms with Crippen LogP contribution in [0, 0.1) is 0 Å². The number of aliphatic hydroxyl groups excluding tert-OH is 1. The maximum atomic E-state index is 9.41. The summed E-state index contributed by atoms with van der Waals surface area (Å²) in [6.45, 7) is 1.60. The lowest BCUT2D eigenvalue weighted by Crippen LogP contribution is -2.37. The smallest absolute Gasteiger partial charge is 0.318 e. The van der Waals surface area contributed by atoms with Crippen LogP contribution in [0.4, 0.5) is 6.01 Å². The van der Waals surface area contributed by atoms with Crippen LogP contribution in [0.1, 0.15) is 31.6 Å². The molecule has 0 radical (unpaired) electrons. The largest absolute Gasteiger partial charge is 0.407 e. The van der Waals surface area contributed by atoms with E-state index in [4.69, 9.17) is 4.42 Å². The highest BCUT2D eigenvalue weighted by atomic mass is 16.4. The van der Waals surface area contributed by atoms with Crippen LogP contribution >= 0.6 is 0 Å². The summed E-state index contributed by atoms with van der Waals surface area (Å²) in [6, 6.07) is 0.650. The van der Waals surface area contributed by atoms with Crippen LogP contribution in [-0.4, -0.2) is 41.5 Å². The maximum Gasteiger partial charge on any atom is 0.318 e. The molecule has 0 bridgehead atoms. The molecule has 1 saturated heterocycles. The molecule has 1 aliphatic rings. The minimum atomic E-state index is 0.111. The van der Waals surface area contributed by atoms with Crippen molar-refractivity contribution in [3.8, 4) is 0 Å². The molecule has 1 atom stereocenters. The number of aromatic nitrogens is 2. The van der Waals surface area contributed by atoms with Crippen molar-refractivity contribution in [1.29, 1.82) is 0 Å². The molecule has 1 aromatic heterocycles. The molecule has 17 heavy (non-hydrogen) atoms. The second-order valence-electron chi connectivity index (χ2n) is 4.39. The zero-order chi connectivity index (χ0) is 12.1. The van der Waals surface area contributed by atoms with E-state index in [2.05, 4.69) is 15.5 Å². The van der Waals surface area contributed by atoms with E-state index in [0.29, 0.717) is 18.5 Å². The number of aliphatic hydroxyl groups is 1. The average molecular weight is 240 g/mol. The van der Waals surface area contributed by atoms with Crippen LogP contribution in [0.5, 0.6) is 0 Å². The Morgan fingerprint density at radius 3 is 3.06 bits per heavy atom. The number of anilines is 1. The van der Waals surface area contributed by atoms with Crippen molar-refractivity contribution >= 4 is 6.01 Å². The van der Waals surface area contributed by atoms with Crippen LogP contribution in [0.25, 0.3) is 0 Å². The van der Waals surface area contributed by atoms with E-state index in [1.807, 2.05) is 11.9 Å². The van der Waals surface area contributed by atoms with Gasteiger partial charge in [0.05, 0.1) is 19.2 Å². The van der Waals surface area contributed by atoms with Crippen molar-refractivity contribution in [2.24, 2.45) is 0 Å². The average Bonchev–Trinajstić information content (AvgIpc) is 2.66. The molecule has 96 valence electrons. The Morgan fingerprint density at radius 2 is 2.29 bits per heavy atom. The molecule has 0 spiro atoms. The Balaban J connectivity index is 2.10. The Kier molecular flexibility index (Phi) is 4.33. The van der Waals surface area contributed by atoms with E-state index in [1.54, 1.807) is 0 Å². The van der Waals surface area contributed by atoms with Gasteiger partial charge >= 0.3 is 6.01 Å². The van der Waals surface area contributed by atoms with E-state index in [1.165, 1.54) is 6.42 Å². The second-order valence-corrected chi connectivity index (χ2v) is 4.39. The highest BCUT2D eigenvalue weighted by Crippen LogP contribution is 2.22. The van der Waals surface area contributed by atoms with Crippen molar-refractivity contribution in [2.45, 2.75) is 38.3 Å². The van der Waals surface area contributed by atoms with Gasteiger partial charge < -0.3 is 19.7 Å². The summed E-state index contributed by atoms with van der Waals surface area (Å²) < 4.78 is 5.58. The lowest BCUT2D eigenvalue weighted by molar-refractivity contribution is 0.250. The van der Waals surface area contributed by atoms with Crippen LogP contribution in [-0.2, 0) is 6.54 Å². The van der Waals surface area contributed by atoms with Gasteiger partial charge in [0.25, 0.3) is 0 Å². The molecule has 6 nitrogen and oxygen atoms in total. The van der Waals surface area contributed by atoms with Crippen LogP contribution in [0.2, 0.25) is 0 Å². The zero-order valence-corrected chi connectivity index (χ0v) is 10.2. The minimum absolute atomic E-state index is 0.111. The number of hydrogen-bond donors (Lipinski definition) is 2. The van der Waals surface area contributed by atoms with Crippen LogP contribution in [0.3, 0.4) is 0 Å². The first-order valence-corrected chi connectivity index (χ1v) is 6.19. The fraction of sp³-hybridized carbons (Fsp3) is 0.818. The Bertz CT molecular complexity index is 342. The minimum Gasteiger partial charge on any atom is -0.407 e. The fourth-order valence-electron chi connectivity index (χ4n) is 2.20. The SMILES string of the molecule is CNCc1nnc(N2CCCCCC2CO)o1. The molecule has 0 saturated carbocycles. The van der Waals surface area contributed by atoms with Crippen LogP contribution < -0.4 is 10.2 Å². The molecule has 1 aliphatic heterocycles. The van der Waals surface area contributed by atoms with Crippen molar-refractivity contribution in [3.63, 3.8) is 0 Å². The zero-order valence-electron chi connectivity index (χ0n) is 10.2. The monoisotopic (exact) mass is 240 g/mol. The Labute approximate surface area is 101 Å². The molecule has 2 heterocycles. The van der Waals surface area contributed by atoms with E-state index < -0.39 is 0 Å². The first-order valence-electron chi connectivity index (χ1n) is 6.19. The first-order chi connectivity index (χ1) is 8.35. The summed E-state index contributed by atoms with van der Waals surface area (Å²) in [5.74, 6) is 0.587. The van der Waals surface area contributed by atoms with Gasteiger partial charge in [-0.05, 0) is 19.9 Å². The summed E-state index contributed by atoms with van der Waals surface area (Å²) in [4.78, 5) is 2.04. The predicted octanol–water partition coefficient (Wildman–Crippen LogP) is 0.530.